The summed E-state index contributed by atoms with van der Waals surface area (Å²) in [5, 5.41) is 13.8. The molecule has 0 radical (unpaired) electrons. The van der Waals surface area contributed by atoms with E-state index in [9.17, 15) is 5.11 Å². The van der Waals surface area contributed by atoms with Gasteiger partial charge in [-0.25, -0.2) is 0 Å². The molecule has 0 saturated heterocycles. The van der Waals surface area contributed by atoms with Crippen LogP contribution in [0.2, 0.25) is 0 Å². The second kappa shape index (κ2) is 5.89. The van der Waals surface area contributed by atoms with E-state index in [1.807, 2.05) is 41.9 Å². The predicted molar refractivity (Wildman–Crippen MR) is 74.0 cm³/mol. The van der Waals surface area contributed by atoms with Gasteiger partial charge < -0.3 is 9.84 Å². The Morgan fingerprint density at radius 3 is 2.58 bits per heavy atom. The smallest absolute Gasteiger partial charge is 0.130 e. The molecule has 0 fully saturated rings. The van der Waals surface area contributed by atoms with Gasteiger partial charge in [0, 0.05) is 6.54 Å². The molecule has 0 aliphatic heterocycles. The Labute approximate surface area is 113 Å². The van der Waals surface area contributed by atoms with E-state index in [2.05, 4.69) is 12.0 Å². The minimum absolute atomic E-state index is 0.446. The summed E-state index contributed by atoms with van der Waals surface area (Å²) >= 11 is 0. The molecular formula is C15H20N2O2. The Hall–Kier alpha value is -1.81. The third-order valence-corrected chi connectivity index (χ3v) is 3.03. The van der Waals surface area contributed by atoms with Gasteiger partial charge in [-0.2, -0.15) is 5.10 Å². The van der Waals surface area contributed by atoms with Gasteiger partial charge in [0.2, 0.25) is 0 Å². The first-order chi connectivity index (χ1) is 9.10. The SMILES string of the molecule is CCn1nc(C)cc1COc1ccc(C(C)O)cc1. The number of aliphatic hydroxyl groups is 1. The number of hydrogen-bond acceptors (Lipinski definition) is 3. The van der Waals surface area contributed by atoms with Crippen molar-refractivity contribution in [3.8, 4) is 5.75 Å². The van der Waals surface area contributed by atoms with Gasteiger partial charge in [0.25, 0.3) is 0 Å². The molecule has 1 aromatic heterocycles. The molecule has 1 atom stereocenters. The zero-order chi connectivity index (χ0) is 13.8. The first-order valence-corrected chi connectivity index (χ1v) is 6.54. The molecule has 0 aliphatic carbocycles. The van der Waals surface area contributed by atoms with Gasteiger partial charge in [0.15, 0.2) is 0 Å². The summed E-state index contributed by atoms with van der Waals surface area (Å²) in [6, 6.07) is 9.54. The van der Waals surface area contributed by atoms with Crippen molar-refractivity contribution in [3.05, 3.63) is 47.3 Å². The minimum atomic E-state index is -0.446. The van der Waals surface area contributed by atoms with Crippen LogP contribution in [0.3, 0.4) is 0 Å². The third kappa shape index (κ3) is 3.35. The van der Waals surface area contributed by atoms with Crippen LogP contribution in [0.25, 0.3) is 0 Å². The molecule has 0 bridgehead atoms. The van der Waals surface area contributed by atoms with E-state index in [1.165, 1.54) is 0 Å². The van der Waals surface area contributed by atoms with Crippen LogP contribution in [0.1, 0.15) is 36.9 Å². The van der Waals surface area contributed by atoms with Crippen LogP contribution in [-0.2, 0) is 13.2 Å². The first kappa shape index (κ1) is 13.6. The highest BCUT2D eigenvalue weighted by molar-refractivity contribution is 5.28. The largest absolute Gasteiger partial charge is 0.487 e. The normalized spacial score (nSPS) is 12.4. The molecule has 0 aliphatic rings. The van der Waals surface area contributed by atoms with Crippen LogP contribution >= 0.6 is 0 Å². The molecule has 2 rings (SSSR count). The Morgan fingerprint density at radius 2 is 2.00 bits per heavy atom. The van der Waals surface area contributed by atoms with Crippen molar-refractivity contribution in [3.63, 3.8) is 0 Å². The second-order valence-electron chi connectivity index (χ2n) is 4.63. The molecule has 102 valence electrons. The molecule has 19 heavy (non-hydrogen) atoms. The average molecular weight is 260 g/mol. The predicted octanol–water partition coefficient (Wildman–Crippen LogP) is 2.84. The van der Waals surface area contributed by atoms with Gasteiger partial charge in [-0.15, -0.1) is 0 Å². The number of aryl methyl sites for hydroxylation is 2. The van der Waals surface area contributed by atoms with Crippen molar-refractivity contribution < 1.29 is 9.84 Å². The van der Waals surface area contributed by atoms with Gasteiger partial charge in [0.05, 0.1) is 17.5 Å². The maximum absolute atomic E-state index is 9.44. The molecule has 0 saturated carbocycles. The van der Waals surface area contributed by atoms with Crippen molar-refractivity contribution in [1.82, 2.24) is 9.78 Å². The summed E-state index contributed by atoms with van der Waals surface area (Å²) in [6.07, 6.45) is -0.446. The summed E-state index contributed by atoms with van der Waals surface area (Å²) in [6.45, 7) is 7.13. The Kier molecular flexibility index (Phi) is 4.22. The summed E-state index contributed by atoms with van der Waals surface area (Å²) < 4.78 is 7.68. The first-order valence-electron chi connectivity index (χ1n) is 6.54. The van der Waals surface area contributed by atoms with Gasteiger partial charge in [-0.3, -0.25) is 4.68 Å². The van der Waals surface area contributed by atoms with E-state index >= 15 is 0 Å². The second-order valence-corrected chi connectivity index (χ2v) is 4.63. The zero-order valence-electron chi connectivity index (χ0n) is 11.6. The van der Waals surface area contributed by atoms with E-state index < -0.39 is 6.10 Å². The van der Waals surface area contributed by atoms with Crippen LogP contribution in [0.4, 0.5) is 0 Å². The topological polar surface area (TPSA) is 47.3 Å². The number of ether oxygens (including phenoxy) is 1. The summed E-state index contributed by atoms with van der Waals surface area (Å²) in [7, 11) is 0. The molecule has 1 N–H and O–H groups in total. The quantitative estimate of drug-likeness (QED) is 0.899. The molecule has 1 aromatic carbocycles. The molecular weight excluding hydrogens is 240 g/mol. The number of aliphatic hydroxyl groups excluding tert-OH is 1. The van der Waals surface area contributed by atoms with Crippen LogP contribution < -0.4 is 4.74 Å². The zero-order valence-corrected chi connectivity index (χ0v) is 11.6. The van der Waals surface area contributed by atoms with Crippen molar-refractivity contribution in [1.29, 1.82) is 0 Å². The lowest BCUT2D eigenvalue weighted by molar-refractivity contribution is 0.199. The summed E-state index contributed by atoms with van der Waals surface area (Å²) in [5.41, 5.74) is 2.96. The minimum Gasteiger partial charge on any atom is -0.487 e. The fourth-order valence-corrected chi connectivity index (χ4v) is 1.99. The molecule has 0 amide bonds. The Balaban J connectivity index is 2.01. The average Bonchev–Trinajstić information content (AvgIpc) is 2.77. The van der Waals surface area contributed by atoms with Crippen molar-refractivity contribution >= 4 is 0 Å². The molecule has 1 heterocycles. The lowest BCUT2D eigenvalue weighted by atomic mass is 10.1. The number of rotatable bonds is 5. The van der Waals surface area contributed by atoms with Crippen LogP contribution in [-0.4, -0.2) is 14.9 Å². The Bertz CT molecular complexity index is 530. The van der Waals surface area contributed by atoms with E-state index in [-0.39, 0.29) is 0 Å². The van der Waals surface area contributed by atoms with E-state index in [0.29, 0.717) is 6.61 Å². The van der Waals surface area contributed by atoms with Gasteiger partial charge in [-0.05, 0) is 44.5 Å². The number of aromatic nitrogens is 2. The van der Waals surface area contributed by atoms with Crippen LogP contribution in [0.15, 0.2) is 30.3 Å². The van der Waals surface area contributed by atoms with Crippen LogP contribution in [0.5, 0.6) is 5.75 Å². The Morgan fingerprint density at radius 1 is 1.32 bits per heavy atom. The molecule has 1 unspecified atom stereocenters. The number of benzene rings is 1. The maximum atomic E-state index is 9.44. The van der Waals surface area contributed by atoms with E-state index in [1.54, 1.807) is 6.92 Å². The summed E-state index contributed by atoms with van der Waals surface area (Å²) in [5.74, 6) is 0.797. The number of hydrogen-bond donors (Lipinski definition) is 1. The molecule has 0 spiro atoms. The van der Waals surface area contributed by atoms with Crippen molar-refractivity contribution in [2.45, 2.75) is 40.0 Å². The molecule has 4 heteroatoms. The molecule has 2 aromatic rings. The highest BCUT2D eigenvalue weighted by atomic mass is 16.5. The van der Waals surface area contributed by atoms with E-state index in [4.69, 9.17) is 4.74 Å². The standard InChI is InChI=1S/C15H20N2O2/c1-4-17-14(9-11(2)16-17)10-19-15-7-5-13(6-8-15)12(3)18/h5-9,12,18H,4,10H2,1-3H3. The van der Waals surface area contributed by atoms with E-state index in [0.717, 1.165) is 29.2 Å². The number of nitrogens with zero attached hydrogens (tertiary/aromatic N) is 2. The van der Waals surface area contributed by atoms with Crippen LogP contribution in [0, 0.1) is 6.92 Å². The van der Waals surface area contributed by atoms with Gasteiger partial charge >= 0.3 is 0 Å². The highest BCUT2D eigenvalue weighted by Crippen LogP contribution is 2.18. The monoisotopic (exact) mass is 260 g/mol. The van der Waals surface area contributed by atoms with Gasteiger partial charge in [0.1, 0.15) is 12.4 Å². The fourth-order valence-electron chi connectivity index (χ4n) is 1.99. The van der Waals surface area contributed by atoms with Crippen molar-refractivity contribution in [2.75, 3.05) is 0 Å². The van der Waals surface area contributed by atoms with Crippen molar-refractivity contribution in [2.24, 2.45) is 0 Å². The maximum Gasteiger partial charge on any atom is 0.130 e. The highest BCUT2D eigenvalue weighted by Gasteiger charge is 2.05. The molecule has 4 nitrogen and oxygen atoms in total. The lowest BCUT2D eigenvalue weighted by Gasteiger charge is -2.09. The fraction of sp³-hybridized carbons (Fsp3) is 0.400. The van der Waals surface area contributed by atoms with Gasteiger partial charge in [-0.1, -0.05) is 12.1 Å². The third-order valence-electron chi connectivity index (χ3n) is 3.03. The summed E-state index contributed by atoms with van der Waals surface area (Å²) in [4.78, 5) is 0. The lowest BCUT2D eigenvalue weighted by Crippen LogP contribution is -2.06.